The predicted octanol–water partition coefficient (Wildman–Crippen LogP) is 2.57. The summed E-state index contributed by atoms with van der Waals surface area (Å²) < 4.78 is 58.7. The van der Waals surface area contributed by atoms with Crippen molar-refractivity contribution in [1.82, 2.24) is 0 Å². The van der Waals surface area contributed by atoms with Gasteiger partial charge in [-0.1, -0.05) is 60.7 Å². The Morgan fingerprint density at radius 1 is 0.457 bits per heavy atom. The number of halogens is 3. The van der Waals surface area contributed by atoms with E-state index < -0.39 is 15.0 Å². The van der Waals surface area contributed by atoms with Crippen molar-refractivity contribution in [3.63, 3.8) is 0 Å². The van der Waals surface area contributed by atoms with E-state index in [9.17, 15) is 13.2 Å². The number of rotatable bonds is 8. The Hall–Kier alpha value is -3.17. The van der Waals surface area contributed by atoms with Gasteiger partial charge in [0.2, 0.25) is 0 Å². The first kappa shape index (κ1) is 24.9. The molecular weight excluding hydrogens is 468 g/mol. The zero-order valence-electron chi connectivity index (χ0n) is 19.7. The van der Waals surface area contributed by atoms with Crippen LogP contribution in [0, 0.1) is 17.5 Å². The lowest BCUT2D eigenvalue weighted by molar-refractivity contribution is 0.140. The van der Waals surface area contributed by atoms with Gasteiger partial charge < -0.3 is 13.3 Å². The van der Waals surface area contributed by atoms with E-state index in [2.05, 4.69) is 0 Å². The highest BCUT2D eigenvalue weighted by Crippen LogP contribution is 2.13. The van der Waals surface area contributed by atoms with Crippen molar-refractivity contribution < 1.29 is 26.4 Å². The highest BCUT2D eigenvalue weighted by molar-refractivity contribution is 7.19. The van der Waals surface area contributed by atoms with E-state index in [1.165, 1.54) is 57.7 Å². The predicted molar refractivity (Wildman–Crippen MR) is 136 cm³/mol. The lowest BCUT2D eigenvalue weighted by atomic mass is 9.13. The average Bonchev–Trinajstić information content (AvgIpc) is 2.89. The van der Waals surface area contributed by atoms with Crippen molar-refractivity contribution in [1.29, 1.82) is 0 Å². The first-order valence-corrected chi connectivity index (χ1v) is 12.8. The topological polar surface area (TPSA) is 27.7 Å². The van der Waals surface area contributed by atoms with Crippen molar-refractivity contribution in [2.24, 2.45) is 0 Å². The largest absolute Gasteiger partial charge is 0.536 e. The molecule has 0 aliphatic rings. The zero-order chi connectivity index (χ0) is 25.1. The van der Waals surface area contributed by atoms with Gasteiger partial charge in [-0.25, -0.2) is 13.2 Å². The molecule has 0 aliphatic heterocycles. The second-order valence-electron chi connectivity index (χ2n) is 8.31. The molecule has 0 saturated heterocycles. The van der Waals surface area contributed by atoms with Gasteiger partial charge in [0.1, 0.15) is 23.6 Å². The van der Waals surface area contributed by atoms with Crippen LogP contribution in [0.15, 0.2) is 97.1 Å². The lowest BCUT2D eigenvalue weighted by Crippen LogP contribution is -2.75. The quantitative estimate of drug-likeness (QED) is 0.354. The molecule has 4 rings (SSSR count). The molecule has 4 aromatic rings. The molecule has 0 aliphatic carbocycles. The highest BCUT2D eigenvalue weighted by atomic mass is 28.4. The van der Waals surface area contributed by atoms with Crippen LogP contribution in [-0.4, -0.2) is 36.3 Å². The molecule has 0 amide bonds. The molecule has 0 saturated carbocycles. The van der Waals surface area contributed by atoms with Crippen LogP contribution in [0.5, 0.6) is 0 Å². The summed E-state index contributed by atoms with van der Waals surface area (Å²) in [5, 5.41) is 0.760. The minimum atomic E-state index is -3.08. The molecule has 35 heavy (non-hydrogen) atoms. The van der Waals surface area contributed by atoms with E-state index >= 15 is 0 Å². The van der Waals surface area contributed by atoms with E-state index in [0.29, 0.717) is 0 Å². The molecule has 0 aromatic heterocycles. The van der Waals surface area contributed by atoms with Crippen LogP contribution in [-0.2, 0) is 13.3 Å². The van der Waals surface area contributed by atoms with Gasteiger partial charge in [-0.3, -0.25) is 0 Å². The fourth-order valence-corrected chi connectivity index (χ4v) is 6.77. The van der Waals surface area contributed by atoms with E-state index in [-0.39, 0.29) is 17.5 Å². The number of benzene rings is 4. The molecule has 0 unspecified atom stereocenters. The third kappa shape index (κ3) is 4.46. The van der Waals surface area contributed by atoms with Crippen molar-refractivity contribution in [2.45, 2.75) is 0 Å². The van der Waals surface area contributed by atoms with Gasteiger partial charge in [-0.15, -0.1) is 0 Å². The molecule has 180 valence electrons. The molecule has 4 aromatic carbocycles. The molecule has 3 nitrogen and oxygen atoms in total. The second kappa shape index (κ2) is 10.2. The Bertz CT molecular complexity index is 1140. The van der Waals surface area contributed by atoms with Gasteiger partial charge in [0.25, 0.3) is 0 Å². The van der Waals surface area contributed by atoms with E-state index in [0.717, 1.165) is 27.0 Å². The van der Waals surface area contributed by atoms with Crippen LogP contribution in [0.4, 0.5) is 13.2 Å². The van der Waals surface area contributed by atoms with Crippen molar-refractivity contribution in [2.75, 3.05) is 21.3 Å². The Morgan fingerprint density at radius 2 is 0.714 bits per heavy atom. The van der Waals surface area contributed by atoms with Crippen LogP contribution >= 0.6 is 0 Å². The summed E-state index contributed by atoms with van der Waals surface area (Å²) in [6, 6.07) is 26.3. The van der Waals surface area contributed by atoms with Crippen LogP contribution in [0.2, 0.25) is 0 Å². The maximum absolute atomic E-state index is 14.0. The van der Waals surface area contributed by atoms with E-state index in [1.807, 2.05) is 24.3 Å². The minimum absolute atomic E-state index is 0.372. The van der Waals surface area contributed by atoms with Gasteiger partial charge >= 0.3 is 8.80 Å². The van der Waals surface area contributed by atoms with Gasteiger partial charge in [-0.05, 0) is 36.4 Å². The Labute approximate surface area is 204 Å². The monoisotopic (exact) mass is 493 g/mol. The maximum Gasteiger partial charge on any atom is 0.536 e. The smallest absolute Gasteiger partial charge is 0.373 e. The first-order chi connectivity index (χ1) is 16.9. The molecule has 0 atom stereocenters. The van der Waals surface area contributed by atoms with Crippen LogP contribution < -0.4 is 27.0 Å². The summed E-state index contributed by atoms with van der Waals surface area (Å²) in [6.07, 6.45) is -1.94. The molecule has 0 radical (unpaired) electrons. The highest BCUT2D eigenvalue weighted by Gasteiger charge is 2.41. The summed E-state index contributed by atoms with van der Waals surface area (Å²) in [6.45, 7) is 0. The first-order valence-electron chi connectivity index (χ1n) is 11.1. The van der Waals surface area contributed by atoms with E-state index in [4.69, 9.17) is 13.3 Å². The fourth-order valence-electron chi connectivity index (χ4n) is 4.99. The van der Waals surface area contributed by atoms with Crippen LogP contribution in [0.25, 0.3) is 0 Å². The molecule has 0 spiro atoms. The maximum atomic E-state index is 14.0. The summed E-state index contributed by atoms with van der Waals surface area (Å²) in [4.78, 5) is 0. The fraction of sp³-hybridized carbons (Fsp3) is 0.111. The van der Waals surface area contributed by atoms with Crippen molar-refractivity contribution >= 4 is 42.0 Å². The average molecular weight is 493 g/mol. The third-order valence-corrected chi connectivity index (χ3v) is 9.33. The zero-order valence-corrected chi connectivity index (χ0v) is 20.7. The van der Waals surface area contributed by atoms with Gasteiger partial charge in [0, 0.05) is 26.5 Å². The summed E-state index contributed by atoms with van der Waals surface area (Å²) >= 11 is 0. The normalized spacial score (nSPS) is 12.1. The summed E-state index contributed by atoms with van der Waals surface area (Å²) in [5.74, 6) is -1.12. The SMILES string of the molecule is CO[Si](OC)(OC)c1ccc([B-](c2ccc(F)cc2)(c2ccc(F)cc2)c2ccc(F)cc2)cc1. The molecular formula is C27H25BF3O3Si-. The van der Waals surface area contributed by atoms with Crippen molar-refractivity contribution in [3.05, 3.63) is 115 Å². The van der Waals surface area contributed by atoms with Gasteiger partial charge in [0.05, 0.1) is 0 Å². The molecule has 0 heterocycles. The molecule has 0 N–H and O–H groups in total. The van der Waals surface area contributed by atoms with Crippen LogP contribution in [0.3, 0.4) is 0 Å². The molecule has 0 bridgehead atoms. The summed E-state index contributed by atoms with van der Waals surface area (Å²) in [5.41, 5.74) is 3.26. The minimum Gasteiger partial charge on any atom is -0.373 e. The second-order valence-corrected chi connectivity index (χ2v) is 11.2. The Morgan fingerprint density at radius 3 is 0.971 bits per heavy atom. The number of hydrogen-bond acceptors (Lipinski definition) is 3. The van der Waals surface area contributed by atoms with E-state index in [1.54, 1.807) is 36.4 Å². The molecule has 0 fully saturated rings. The van der Waals surface area contributed by atoms with Gasteiger partial charge in [-0.2, -0.15) is 21.9 Å². The van der Waals surface area contributed by atoms with Gasteiger partial charge in [0.15, 0.2) is 0 Å². The summed E-state index contributed by atoms with van der Waals surface area (Å²) in [7, 11) is 1.54. The van der Waals surface area contributed by atoms with Crippen molar-refractivity contribution in [3.8, 4) is 0 Å². The number of hydrogen-bond donors (Lipinski definition) is 0. The standard InChI is InChI=1S/C27H25BF3O3Si/c1-32-35(33-2,34-3)27-18-10-23(11-19-27)28(20-4-12-24(29)13-5-20,21-6-14-25(30)15-7-21)22-8-16-26(31)17-9-22/h4-19H,1-3H3/q-1. The Balaban J connectivity index is 2.04. The molecule has 8 heteroatoms. The lowest BCUT2D eigenvalue weighted by Gasteiger charge is -2.44. The third-order valence-electron chi connectivity index (χ3n) is 6.68. The Kier molecular flexibility index (Phi) is 7.28. The van der Waals surface area contributed by atoms with Crippen LogP contribution in [0.1, 0.15) is 0 Å².